The summed E-state index contributed by atoms with van der Waals surface area (Å²) in [7, 11) is -3.77. The Balaban J connectivity index is 1.82. The van der Waals surface area contributed by atoms with Crippen molar-refractivity contribution in [1.82, 2.24) is 4.72 Å². The number of carbonyl (C=O) groups is 1. The van der Waals surface area contributed by atoms with Crippen LogP contribution in [-0.2, 0) is 21.2 Å². The van der Waals surface area contributed by atoms with E-state index in [1.54, 1.807) is 23.6 Å². The average Bonchev–Trinajstić information content (AvgIpc) is 3.19. The lowest BCUT2D eigenvalue weighted by molar-refractivity contribution is -0.117. The van der Waals surface area contributed by atoms with Gasteiger partial charge in [-0.3, -0.25) is 4.79 Å². The van der Waals surface area contributed by atoms with E-state index in [4.69, 9.17) is 0 Å². The van der Waals surface area contributed by atoms with Crippen LogP contribution in [0.2, 0.25) is 0 Å². The van der Waals surface area contributed by atoms with Crippen LogP contribution in [0.5, 0.6) is 0 Å². The van der Waals surface area contributed by atoms with Crippen LogP contribution < -0.4 is 10.0 Å². The fraction of sp³-hybridized carbons (Fsp3) is 0.150. The lowest BCUT2D eigenvalue weighted by Gasteiger charge is -2.18. The van der Waals surface area contributed by atoms with E-state index < -0.39 is 22.0 Å². The second kappa shape index (κ2) is 8.47. The van der Waals surface area contributed by atoms with Crippen LogP contribution in [-0.4, -0.2) is 20.4 Å². The summed E-state index contributed by atoms with van der Waals surface area (Å²) in [5, 5.41) is 4.48. The van der Waals surface area contributed by atoms with Crippen molar-refractivity contribution < 1.29 is 13.2 Å². The lowest BCUT2D eigenvalue weighted by Crippen LogP contribution is -2.45. The molecule has 5 nitrogen and oxygen atoms in total. The molecule has 27 heavy (non-hydrogen) atoms. The third-order valence-electron chi connectivity index (χ3n) is 3.98. The Bertz CT molecular complexity index is 983. The number of rotatable bonds is 7. The second-order valence-electron chi connectivity index (χ2n) is 6.15. The molecule has 3 rings (SSSR count). The number of sulfonamides is 1. The Labute approximate surface area is 163 Å². The monoisotopic (exact) mass is 400 g/mol. The lowest BCUT2D eigenvalue weighted by atomic mass is 10.1. The molecule has 3 aromatic rings. The average molecular weight is 401 g/mol. The Morgan fingerprint density at radius 1 is 1.00 bits per heavy atom. The molecule has 0 bridgehead atoms. The molecule has 7 heteroatoms. The van der Waals surface area contributed by atoms with E-state index in [-0.39, 0.29) is 10.6 Å². The molecule has 0 aliphatic rings. The summed E-state index contributed by atoms with van der Waals surface area (Å²) in [5.41, 5.74) is 2.57. The SMILES string of the molecule is Cc1ccc(NC(=O)[C@@H](Cc2ccccc2)NS(=O)(=O)c2cccs2)cc1. The summed E-state index contributed by atoms with van der Waals surface area (Å²) >= 11 is 1.11. The molecule has 0 radical (unpaired) electrons. The first-order chi connectivity index (χ1) is 12.9. The quantitative estimate of drug-likeness (QED) is 0.636. The molecule has 0 saturated heterocycles. The third-order valence-corrected chi connectivity index (χ3v) is 6.84. The minimum Gasteiger partial charge on any atom is -0.325 e. The van der Waals surface area contributed by atoms with Gasteiger partial charge in [-0.25, -0.2) is 8.42 Å². The van der Waals surface area contributed by atoms with Gasteiger partial charge < -0.3 is 5.32 Å². The molecule has 0 spiro atoms. The molecule has 0 saturated carbocycles. The van der Waals surface area contributed by atoms with Crippen molar-refractivity contribution in [3.63, 3.8) is 0 Å². The number of aryl methyl sites for hydroxylation is 1. The second-order valence-corrected chi connectivity index (χ2v) is 9.04. The molecule has 1 aromatic heterocycles. The van der Waals surface area contributed by atoms with Gasteiger partial charge in [0.05, 0.1) is 0 Å². The molecule has 1 amide bonds. The minimum atomic E-state index is -3.77. The number of benzene rings is 2. The molecule has 140 valence electrons. The van der Waals surface area contributed by atoms with Crippen LogP contribution in [0.4, 0.5) is 5.69 Å². The fourth-order valence-corrected chi connectivity index (χ4v) is 4.77. The standard InChI is InChI=1S/C20H20N2O3S2/c1-15-9-11-17(12-10-15)21-20(23)18(14-16-6-3-2-4-7-16)22-27(24,25)19-8-5-13-26-19/h2-13,18,22H,14H2,1H3,(H,21,23)/t18-/m1/s1. The summed E-state index contributed by atoms with van der Waals surface area (Å²) in [4.78, 5) is 12.8. The van der Waals surface area contributed by atoms with Gasteiger partial charge in [0.25, 0.3) is 10.0 Å². The zero-order valence-electron chi connectivity index (χ0n) is 14.8. The van der Waals surface area contributed by atoms with Gasteiger partial charge >= 0.3 is 0 Å². The number of amides is 1. The van der Waals surface area contributed by atoms with Crippen LogP contribution in [0.15, 0.2) is 76.3 Å². The van der Waals surface area contributed by atoms with Crippen LogP contribution in [0.25, 0.3) is 0 Å². The molecule has 1 heterocycles. The normalized spacial score (nSPS) is 12.5. The van der Waals surface area contributed by atoms with Gasteiger partial charge in [-0.05, 0) is 42.5 Å². The van der Waals surface area contributed by atoms with Crippen LogP contribution in [0, 0.1) is 6.92 Å². The number of carbonyl (C=O) groups excluding carboxylic acids is 1. The number of anilines is 1. The van der Waals surface area contributed by atoms with E-state index in [9.17, 15) is 13.2 Å². The maximum absolute atomic E-state index is 12.8. The maximum atomic E-state index is 12.8. The van der Waals surface area contributed by atoms with Crippen LogP contribution in [0.1, 0.15) is 11.1 Å². The summed E-state index contributed by atoms with van der Waals surface area (Å²) in [6.07, 6.45) is 0.253. The Kier molecular flexibility index (Phi) is 6.05. The summed E-state index contributed by atoms with van der Waals surface area (Å²) < 4.78 is 28.0. The van der Waals surface area contributed by atoms with Gasteiger partial charge in [0.2, 0.25) is 5.91 Å². The maximum Gasteiger partial charge on any atom is 0.250 e. The van der Waals surface area contributed by atoms with E-state index >= 15 is 0 Å². The van der Waals surface area contributed by atoms with Gasteiger partial charge in [0.1, 0.15) is 10.3 Å². The number of hydrogen-bond donors (Lipinski definition) is 2. The summed E-state index contributed by atoms with van der Waals surface area (Å²) in [6.45, 7) is 1.96. The van der Waals surface area contributed by atoms with Crippen molar-refractivity contribution >= 4 is 33.0 Å². The molecule has 2 N–H and O–H groups in total. The number of thiophene rings is 1. The smallest absolute Gasteiger partial charge is 0.250 e. The number of nitrogens with one attached hydrogen (secondary N) is 2. The van der Waals surface area contributed by atoms with E-state index in [1.165, 1.54) is 6.07 Å². The molecule has 0 fully saturated rings. The highest BCUT2D eigenvalue weighted by Crippen LogP contribution is 2.17. The molecule has 0 aliphatic carbocycles. The Morgan fingerprint density at radius 3 is 2.33 bits per heavy atom. The third kappa shape index (κ3) is 5.26. The minimum absolute atomic E-state index is 0.184. The first-order valence-electron chi connectivity index (χ1n) is 8.41. The molecule has 2 aromatic carbocycles. The first kappa shape index (κ1) is 19.3. The van der Waals surface area contributed by atoms with E-state index in [1.807, 2.05) is 49.4 Å². The van der Waals surface area contributed by atoms with Gasteiger partial charge in [0.15, 0.2) is 0 Å². The predicted octanol–water partition coefficient (Wildman–Crippen LogP) is 3.58. The van der Waals surface area contributed by atoms with Gasteiger partial charge in [0, 0.05) is 5.69 Å². The van der Waals surface area contributed by atoms with Crippen molar-refractivity contribution in [3.8, 4) is 0 Å². The van der Waals surface area contributed by atoms with E-state index in [2.05, 4.69) is 10.0 Å². The highest BCUT2D eigenvalue weighted by molar-refractivity contribution is 7.91. The van der Waals surface area contributed by atoms with Crippen molar-refractivity contribution in [1.29, 1.82) is 0 Å². The van der Waals surface area contributed by atoms with Crippen molar-refractivity contribution in [3.05, 3.63) is 83.2 Å². The highest BCUT2D eigenvalue weighted by atomic mass is 32.2. The van der Waals surface area contributed by atoms with Crippen LogP contribution >= 0.6 is 11.3 Å². The fourth-order valence-electron chi connectivity index (χ4n) is 2.57. The van der Waals surface area contributed by atoms with Crippen molar-refractivity contribution in [2.75, 3.05) is 5.32 Å². The predicted molar refractivity (Wildman–Crippen MR) is 108 cm³/mol. The molecule has 0 unspecified atom stereocenters. The van der Waals surface area contributed by atoms with E-state index in [0.29, 0.717) is 5.69 Å². The van der Waals surface area contributed by atoms with Crippen molar-refractivity contribution in [2.24, 2.45) is 0 Å². The zero-order valence-corrected chi connectivity index (χ0v) is 16.4. The largest absolute Gasteiger partial charge is 0.325 e. The Hall–Kier alpha value is -2.48. The topological polar surface area (TPSA) is 75.3 Å². The van der Waals surface area contributed by atoms with Crippen LogP contribution in [0.3, 0.4) is 0 Å². The zero-order chi connectivity index (χ0) is 19.3. The van der Waals surface area contributed by atoms with E-state index in [0.717, 1.165) is 22.5 Å². The van der Waals surface area contributed by atoms with Gasteiger partial charge in [-0.2, -0.15) is 4.72 Å². The Morgan fingerprint density at radius 2 is 1.70 bits per heavy atom. The van der Waals surface area contributed by atoms with Crippen molar-refractivity contribution in [2.45, 2.75) is 23.6 Å². The summed E-state index contributed by atoms with van der Waals surface area (Å²) in [5.74, 6) is -0.400. The number of hydrogen-bond acceptors (Lipinski definition) is 4. The molecular formula is C20H20N2O3S2. The molecule has 0 aliphatic heterocycles. The summed E-state index contributed by atoms with van der Waals surface area (Å²) in [6, 6.07) is 18.9. The molecule has 1 atom stereocenters. The van der Waals surface area contributed by atoms with Gasteiger partial charge in [-0.1, -0.05) is 54.1 Å². The first-order valence-corrected chi connectivity index (χ1v) is 10.8. The van der Waals surface area contributed by atoms with Gasteiger partial charge in [-0.15, -0.1) is 11.3 Å². The highest BCUT2D eigenvalue weighted by Gasteiger charge is 2.26. The molecular weight excluding hydrogens is 380 g/mol.